The molecule has 2 aromatic rings. The van der Waals surface area contributed by atoms with Crippen molar-refractivity contribution < 1.29 is 24.3 Å². The molecule has 3 rings (SSSR count). The van der Waals surface area contributed by atoms with Crippen molar-refractivity contribution in [1.82, 2.24) is 15.7 Å². The molecule has 32 heavy (non-hydrogen) atoms. The summed E-state index contributed by atoms with van der Waals surface area (Å²) in [5.74, 6) is -1.33. The molecule has 10 heteroatoms. The van der Waals surface area contributed by atoms with Crippen molar-refractivity contribution in [1.29, 1.82) is 0 Å². The minimum Gasteiger partial charge on any atom is -0.379 e. The molecule has 0 bridgehead atoms. The fourth-order valence-electron chi connectivity index (χ4n) is 3.27. The molecule has 1 atom stereocenters. The van der Waals surface area contributed by atoms with Gasteiger partial charge in [-0.1, -0.05) is 24.3 Å². The molecule has 0 aliphatic carbocycles. The van der Waals surface area contributed by atoms with Gasteiger partial charge >= 0.3 is 0 Å². The molecule has 1 fully saturated rings. The predicted octanol–water partition coefficient (Wildman–Crippen LogP) is 0.187. The van der Waals surface area contributed by atoms with E-state index >= 15 is 0 Å². The fourth-order valence-corrected chi connectivity index (χ4v) is 3.27. The lowest BCUT2D eigenvalue weighted by molar-refractivity contribution is -0.130. The number of rotatable bonds is 8. The topological polar surface area (TPSA) is 146 Å². The van der Waals surface area contributed by atoms with Gasteiger partial charge in [0.05, 0.1) is 19.8 Å². The minimum absolute atomic E-state index is 0.0688. The van der Waals surface area contributed by atoms with Gasteiger partial charge in [-0.15, -0.1) is 0 Å². The summed E-state index contributed by atoms with van der Waals surface area (Å²) in [6, 6.07) is 13.2. The Morgan fingerprint density at radius 3 is 2.16 bits per heavy atom. The second-order valence-corrected chi connectivity index (χ2v) is 7.33. The minimum atomic E-state index is -1.03. The van der Waals surface area contributed by atoms with Crippen molar-refractivity contribution in [2.24, 2.45) is 5.73 Å². The first kappa shape index (κ1) is 23.4. The maximum Gasteiger partial charge on any atom is 0.267 e. The fraction of sp³-hybridized carbons (Fsp3) is 0.318. The number of hydrogen-bond acceptors (Lipinski definition) is 7. The maximum atomic E-state index is 12.3. The molecule has 0 spiro atoms. The summed E-state index contributed by atoms with van der Waals surface area (Å²) in [5, 5.41) is 14.0. The number of hydroxylamine groups is 1. The summed E-state index contributed by atoms with van der Waals surface area (Å²) in [7, 11) is 0. The monoisotopic (exact) mass is 441 g/mol. The third-order valence-corrected chi connectivity index (χ3v) is 5.09. The van der Waals surface area contributed by atoms with Gasteiger partial charge in [-0.05, 0) is 35.4 Å². The molecule has 1 aliphatic heterocycles. The summed E-state index contributed by atoms with van der Waals surface area (Å²) >= 11 is 0. The smallest absolute Gasteiger partial charge is 0.267 e. The van der Waals surface area contributed by atoms with E-state index in [1.54, 1.807) is 24.3 Å². The molecule has 0 radical (unpaired) electrons. The number of carbonyl (C=O) groups is 3. The maximum absolute atomic E-state index is 12.3. The second kappa shape index (κ2) is 11.3. The number of benzene rings is 2. The average molecular weight is 441 g/mol. The molecule has 3 amide bonds. The standard InChI is InChI=1S/C22H27N5O5/c23-13-19(22(30)26-31)25-21(29)17-3-1-15(2-4-17)16-5-7-18(8-6-16)24-20(28)14-27-9-11-32-12-10-27/h1-8,19,31H,9-14,23H2,(H,24,28)(H,25,29)(H,26,30). The van der Waals surface area contributed by atoms with Crippen LogP contribution in [0.1, 0.15) is 10.4 Å². The van der Waals surface area contributed by atoms with Gasteiger partial charge in [0.1, 0.15) is 6.04 Å². The Balaban J connectivity index is 1.57. The first-order valence-corrected chi connectivity index (χ1v) is 10.3. The molecule has 0 saturated carbocycles. The van der Waals surface area contributed by atoms with Crippen molar-refractivity contribution in [3.05, 3.63) is 54.1 Å². The lowest BCUT2D eigenvalue weighted by atomic mass is 10.0. The van der Waals surface area contributed by atoms with Crippen LogP contribution in [0.15, 0.2) is 48.5 Å². The average Bonchev–Trinajstić information content (AvgIpc) is 2.83. The first-order chi connectivity index (χ1) is 15.5. The van der Waals surface area contributed by atoms with E-state index in [0.717, 1.165) is 24.2 Å². The van der Waals surface area contributed by atoms with Crippen molar-refractivity contribution >= 4 is 23.4 Å². The van der Waals surface area contributed by atoms with Crippen LogP contribution in [0.3, 0.4) is 0 Å². The third kappa shape index (κ3) is 6.34. The van der Waals surface area contributed by atoms with E-state index in [2.05, 4.69) is 15.5 Å². The highest BCUT2D eigenvalue weighted by Crippen LogP contribution is 2.22. The lowest BCUT2D eigenvalue weighted by Crippen LogP contribution is -2.50. The van der Waals surface area contributed by atoms with Crippen molar-refractivity contribution in [2.75, 3.05) is 44.7 Å². The van der Waals surface area contributed by atoms with Crippen LogP contribution in [0.4, 0.5) is 5.69 Å². The number of nitrogens with zero attached hydrogens (tertiary/aromatic N) is 1. The molecular weight excluding hydrogens is 414 g/mol. The molecule has 1 unspecified atom stereocenters. The van der Waals surface area contributed by atoms with Crippen molar-refractivity contribution in [3.8, 4) is 11.1 Å². The number of amides is 3. The third-order valence-electron chi connectivity index (χ3n) is 5.09. The van der Waals surface area contributed by atoms with Gasteiger partial charge in [0, 0.05) is 30.9 Å². The number of morpholine rings is 1. The largest absolute Gasteiger partial charge is 0.379 e. The van der Waals surface area contributed by atoms with E-state index in [9.17, 15) is 14.4 Å². The summed E-state index contributed by atoms with van der Waals surface area (Å²) in [6.07, 6.45) is 0. The Morgan fingerprint density at radius 2 is 1.59 bits per heavy atom. The van der Waals surface area contributed by atoms with Crippen LogP contribution in [0.5, 0.6) is 0 Å². The van der Waals surface area contributed by atoms with Gasteiger partial charge < -0.3 is 21.1 Å². The van der Waals surface area contributed by atoms with Crippen LogP contribution in [0.2, 0.25) is 0 Å². The number of anilines is 1. The van der Waals surface area contributed by atoms with Gasteiger partial charge in [0.15, 0.2) is 0 Å². The lowest BCUT2D eigenvalue weighted by Gasteiger charge is -2.25. The van der Waals surface area contributed by atoms with Crippen molar-refractivity contribution in [2.45, 2.75) is 6.04 Å². The van der Waals surface area contributed by atoms with E-state index in [0.29, 0.717) is 31.0 Å². The Labute approximate surface area is 185 Å². The Bertz CT molecular complexity index is 927. The van der Waals surface area contributed by atoms with E-state index in [1.807, 2.05) is 24.3 Å². The first-order valence-electron chi connectivity index (χ1n) is 10.3. The van der Waals surface area contributed by atoms with Crippen LogP contribution in [0.25, 0.3) is 11.1 Å². The second-order valence-electron chi connectivity index (χ2n) is 7.33. The van der Waals surface area contributed by atoms with Gasteiger partial charge in [-0.3, -0.25) is 24.5 Å². The highest BCUT2D eigenvalue weighted by molar-refractivity contribution is 5.98. The molecule has 1 heterocycles. The van der Waals surface area contributed by atoms with E-state index in [4.69, 9.17) is 15.7 Å². The van der Waals surface area contributed by atoms with Gasteiger partial charge in [0.25, 0.3) is 11.8 Å². The van der Waals surface area contributed by atoms with Crippen molar-refractivity contribution in [3.63, 3.8) is 0 Å². The Kier molecular flexibility index (Phi) is 8.28. The van der Waals surface area contributed by atoms with E-state index < -0.39 is 17.9 Å². The zero-order valence-electron chi connectivity index (χ0n) is 17.5. The highest BCUT2D eigenvalue weighted by Gasteiger charge is 2.19. The molecule has 0 aromatic heterocycles. The van der Waals surface area contributed by atoms with Gasteiger partial charge in [0.2, 0.25) is 5.91 Å². The summed E-state index contributed by atoms with van der Waals surface area (Å²) in [4.78, 5) is 38.0. The summed E-state index contributed by atoms with van der Waals surface area (Å²) in [6.45, 7) is 2.98. The number of ether oxygens (including phenoxy) is 1. The molecule has 6 N–H and O–H groups in total. The van der Waals surface area contributed by atoms with E-state index in [-0.39, 0.29) is 12.5 Å². The van der Waals surface area contributed by atoms with Crippen LogP contribution in [-0.2, 0) is 14.3 Å². The van der Waals surface area contributed by atoms with E-state index in [1.165, 1.54) is 5.48 Å². The van der Waals surface area contributed by atoms with Crippen LogP contribution in [0, 0.1) is 0 Å². The zero-order valence-corrected chi connectivity index (χ0v) is 17.5. The zero-order chi connectivity index (χ0) is 22.9. The number of nitrogens with two attached hydrogens (primary N) is 1. The van der Waals surface area contributed by atoms with Gasteiger partial charge in [-0.2, -0.15) is 0 Å². The predicted molar refractivity (Wildman–Crippen MR) is 118 cm³/mol. The molecule has 1 saturated heterocycles. The number of carbonyl (C=O) groups excluding carboxylic acids is 3. The Hall–Kier alpha value is -3.31. The van der Waals surface area contributed by atoms with Crippen LogP contribution < -0.4 is 21.8 Å². The quantitative estimate of drug-likeness (QED) is 0.290. The normalized spacial score (nSPS) is 14.9. The molecule has 10 nitrogen and oxygen atoms in total. The molecular formula is C22H27N5O5. The SMILES string of the molecule is NCC(NC(=O)c1ccc(-c2ccc(NC(=O)CN3CCOCC3)cc2)cc1)C(=O)NO. The molecule has 2 aromatic carbocycles. The van der Waals surface area contributed by atoms with Crippen LogP contribution >= 0.6 is 0 Å². The number of hydrogen-bond donors (Lipinski definition) is 5. The summed E-state index contributed by atoms with van der Waals surface area (Å²) < 4.78 is 5.29. The number of nitrogens with one attached hydrogen (secondary N) is 3. The Morgan fingerprint density at radius 1 is 1.00 bits per heavy atom. The highest BCUT2D eigenvalue weighted by atomic mass is 16.5. The van der Waals surface area contributed by atoms with Gasteiger partial charge in [-0.25, -0.2) is 5.48 Å². The molecule has 1 aliphatic rings. The molecule has 170 valence electrons. The summed E-state index contributed by atoms with van der Waals surface area (Å²) in [5.41, 5.74) is 9.78. The van der Waals surface area contributed by atoms with Crippen LogP contribution in [-0.4, -0.2) is 73.3 Å².